The number of rotatable bonds is 4. The van der Waals surface area contributed by atoms with Crippen molar-refractivity contribution in [1.82, 2.24) is 0 Å². The number of hydrogen-bond acceptors (Lipinski definition) is 3. The molecule has 0 amide bonds. The largest absolute Gasteiger partial charge is 0.380 e. The van der Waals surface area contributed by atoms with Gasteiger partial charge in [-0.3, -0.25) is 10.1 Å². The van der Waals surface area contributed by atoms with E-state index in [9.17, 15) is 14.5 Å². The van der Waals surface area contributed by atoms with Gasteiger partial charge in [0.25, 0.3) is 5.69 Å². The van der Waals surface area contributed by atoms with E-state index >= 15 is 0 Å². The molecule has 0 saturated carbocycles. The summed E-state index contributed by atoms with van der Waals surface area (Å²) in [4.78, 5) is 10.3. The monoisotopic (exact) mass is 402 g/mol. The van der Waals surface area contributed by atoms with E-state index in [1.807, 2.05) is 0 Å². The van der Waals surface area contributed by atoms with Crippen LogP contribution in [0.15, 0.2) is 45.3 Å². The SMILES string of the molecule is O=[N+]([O-])c1ccc(Br)c(NCc2ccc(Br)cc2F)c1. The Labute approximate surface area is 131 Å². The van der Waals surface area contributed by atoms with E-state index in [2.05, 4.69) is 37.2 Å². The zero-order chi connectivity index (χ0) is 14.7. The number of benzene rings is 2. The Morgan fingerprint density at radius 2 is 1.95 bits per heavy atom. The van der Waals surface area contributed by atoms with Gasteiger partial charge in [0, 0.05) is 33.2 Å². The number of halogens is 3. The average molecular weight is 404 g/mol. The lowest BCUT2D eigenvalue weighted by atomic mass is 10.2. The zero-order valence-electron chi connectivity index (χ0n) is 10.1. The summed E-state index contributed by atoms with van der Waals surface area (Å²) >= 11 is 6.48. The van der Waals surface area contributed by atoms with Crippen LogP contribution in [0.5, 0.6) is 0 Å². The molecule has 2 aromatic rings. The summed E-state index contributed by atoms with van der Waals surface area (Å²) in [6.07, 6.45) is 0. The van der Waals surface area contributed by atoms with Crippen LogP contribution < -0.4 is 5.32 Å². The number of hydrogen-bond donors (Lipinski definition) is 1. The first-order chi connectivity index (χ1) is 9.47. The van der Waals surface area contributed by atoms with Crippen LogP contribution in [0.2, 0.25) is 0 Å². The van der Waals surface area contributed by atoms with Gasteiger partial charge in [0.05, 0.1) is 10.6 Å². The Morgan fingerprint density at radius 1 is 1.20 bits per heavy atom. The Hall–Kier alpha value is -1.47. The first-order valence-corrected chi connectivity index (χ1v) is 7.17. The molecule has 1 N–H and O–H groups in total. The third-order valence-electron chi connectivity index (χ3n) is 2.65. The molecular weight excluding hydrogens is 395 g/mol. The van der Waals surface area contributed by atoms with Gasteiger partial charge in [-0.25, -0.2) is 4.39 Å². The number of nitro groups is 1. The van der Waals surface area contributed by atoms with Crippen LogP contribution in [0.25, 0.3) is 0 Å². The van der Waals surface area contributed by atoms with Crippen molar-refractivity contribution in [3.05, 3.63) is 66.8 Å². The molecule has 0 aliphatic carbocycles. The third-order valence-corrected chi connectivity index (χ3v) is 3.83. The molecule has 0 saturated heterocycles. The maximum atomic E-state index is 13.7. The number of nitrogens with zero attached hydrogens (tertiary/aromatic N) is 1. The van der Waals surface area contributed by atoms with E-state index in [0.717, 1.165) is 0 Å². The van der Waals surface area contributed by atoms with Crippen molar-refractivity contribution in [2.24, 2.45) is 0 Å². The summed E-state index contributed by atoms with van der Waals surface area (Å²) in [6, 6.07) is 9.15. The third kappa shape index (κ3) is 3.55. The summed E-state index contributed by atoms with van der Waals surface area (Å²) in [5, 5.41) is 13.7. The zero-order valence-corrected chi connectivity index (χ0v) is 13.2. The molecule has 0 radical (unpaired) electrons. The summed E-state index contributed by atoms with van der Waals surface area (Å²) in [6.45, 7) is 0.235. The molecule has 20 heavy (non-hydrogen) atoms. The van der Waals surface area contributed by atoms with Crippen molar-refractivity contribution in [2.75, 3.05) is 5.32 Å². The van der Waals surface area contributed by atoms with E-state index in [1.165, 1.54) is 18.2 Å². The average Bonchev–Trinajstić information content (AvgIpc) is 2.39. The Kier molecular flexibility index (Phi) is 4.72. The van der Waals surface area contributed by atoms with E-state index in [-0.39, 0.29) is 18.0 Å². The summed E-state index contributed by atoms with van der Waals surface area (Å²) in [7, 11) is 0. The number of anilines is 1. The van der Waals surface area contributed by atoms with Crippen molar-refractivity contribution in [2.45, 2.75) is 6.54 Å². The van der Waals surface area contributed by atoms with Crippen molar-refractivity contribution in [3.8, 4) is 0 Å². The second kappa shape index (κ2) is 6.32. The fourth-order valence-electron chi connectivity index (χ4n) is 1.62. The lowest BCUT2D eigenvalue weighted by molar-refractivity contribution is -0.384. The molecule has 0 heterocycles. The first kappa shape index (κ1) is 14.9. The molecule has 0 aliphatic rings. The molecule has 2 rings (SSSR count). The first-order valence-electron chi connectivity index (χ1n) is 5.59. The summed E-state index contributed by atoms with van der Waals surface area (Å²) < 4.78 is 15.0. The molecule has 0 bridgehead atoms. The van der Waals surface area contributed by atoms with Crippen LogP contribution in [-0.4, -0.2) is 4.92 Å². The highest BCUT2D eigenvalue weighted by Crippen LogP contribution is 2.28. The smallest absolute Gasteiger partial charge is 0.271 e. The van der Waals surface area contributed by atoms with Gasteiger partial charge in [-0.05, 0) is 34.1 Å². The van der Waals surface area contributed by atoms with Crippen LogP contribution in [0.3, 0.4) is 0 Å². The molecule has 0 atom stereocenters. The van der Waals surface area contributed by atoms with Crippen LogP contribution >= 0.6 is 31.9 Å². The molecule has 7 heteroatoms. The molecule has 0 unspecified atom stereocenters. The van der Waals surface area contributed by atoms with Gasteiger partial charge in [0.2, 0.25) is 0 Å². The Morgan fingerprint density at radius 3 is 2.60 bits per heavy atom. The highest BCUT2D eigenvalue weighted by Gasteiger charge is 2.10. The van der Waals surface area contributed by atoms with E-state index in [4.69, 9.17) is 0 Å². The van der Waals surface area contributed by atoms with Crippen LogP contribution in [-0.2, 0) is 6.54 Å². The minimum Gasteiger partial charge on any atom is -0.380 e. The topological polar surface area (TPSA) is 55.2 Å². The van der Waals surface area contributed by atoms with Gasteiger partial charge in [-0.2, -0.15) is 0 Å². The molecule has 0 fully saturated rings. The number of nitro benzene ring substituents is 1. The van der Waals surface area contributed by atoms with Crippen LogP contribution in [0.4, 0.5) is 15.8 Å². The number of non-ortho nitro benzene ring substituents is 1. The lowest BCUT2D eigenvalue weighted by Gasteiger charge is -2.09. The minimum atomic E-state index is -0.474. The fourth-order valence-corrected chi connectivity index (χ4v) is 2.34. The van der Waals surface area contributed by atoms with Crippen molar-refractivity contribution in [1.29, 1.82) is 0 Å². The van der Waals surface area contributed by atoms with Gasteiger partial charge >= 0.3 is 0 Å². The maximum absolute atomic E-state index is 13.7. The predicted molar refractivity (Wildman–Crippen MR) is 82.2 cm³/mol. The van der Waals surface area contributed by atoms with Gasteiger partial charge in [0.15, 0.2) is 0 Å². The fraction of sp³-hybridized carbons (Fsp3) is 0.0769. The molecule has 0 spiro atoms. The second-order valence-electron chi connectivity index (χ2n) is 4.01. The molecule has 2 aromatic carbocycles. The highest BCUT2D eigenvalue weighted by molar-refractivity contribution is 9.10. The quantitative estimate of drug-likeness (QED) is 0.585. The summed E-state index contributed by atoms with van der Waals surface area (Å²) in [5.41, 5.74) is 1.00. The highest BCUT2D eigenvalue weighted by atomic mass is 79.9. The second-order valence-corrected chi connectivity index (χ2v) is 5.78. The van der Waals surface area contributed by atoms with Crippen molar-refractivity contribution >= 4 is 43.2 Å². The minimum absolute atomic E-state index is 0.0213. The van der Waals surface area contributed by atoms with Crippen molar-refractivity contribution < 1.29 is 9.31 Å². The Balaban J connectivity index is 2.18. The van der Waals surface area contributed by atoms with Gasteiger partial charge < -0.3 is 5.32 Å². The molecule has 0 aliphatic heterocycles. The normalized spacial score (nSPS) is 10.3. The van der Waals surface area contributed by atoms with E-state index < -0.39 is 4.92 Å². The summed E-state index contributed by atoms with van der Waals surface area (Å²) in [5.74, 6) is -0.339. The van der Waals surface area contributed by atoms with Gasteiger partial charge in [-0.15, -0.1) is 0 Å². The van der Waals surface area contributed by atoms with Crippen LogP contribution in [0, 0.1) is 15.9 Å². The molecule has 0 aromatic heterocycles. The standard InChI is InChI=1S/C13H9Br2FN2O2/c14-9-2-1-8(12(16)5-9)7-17-13-6-10(18(19)20)3-4-11(13)15/h1-6,17H,7H2. The van der Waals surface area contributed by atoms with E-state index in [1.54, 1.807) is 18.2 Å². The maximum Gasteiger partial charge on any atom is 0.271 e. The number of nitrogens with one attached hydrogen (secondary N) is 1. The molecule has 4 nitrogen and oxygen atoms in total. The van der Waals surface area contributed by atoms with E-state index in [0.29, 0.717) is 20.2 Å². The molecule has 104 valence electrons. The molecular formula is C13H9Br2FN2O2. The van der Waals surface area contributed by atoms with Gasteiger partial charge in [-0.1, -0.05) is 22.0 Å². The van der Waals surface area contributed by atoms with Crippen molar-refractivity contribution in [3.63, 3.8) is 0 Å². The predicted octanol–water partition coefficient (Wildman–Crippen LogP) is 4.87. The van der Waals surface area contributed by atoms with Gasteiger partial charge in [0.1, 0.15) is 5.82 Å². The van der Waals surface area contributed by atoms with Crippen LogP contribution in [0.1, 0.15) is 5.56 Å². The lowest BCUT2D eigenvalue weighted by Crippen LogP contribution is -2.03. The Bertz CT molecular complexity index is 665.